The molecular formula is C20H20N2O3S2. The molecule has 0 bridgehead atoms. The van der Waals surface area contributed by atoms with Crippen LogP contribution in [-0.2, 0) is 5.54 Å². The molecule has 0 spiro atoms. The summed E-state index contributed by atoms with van der Waals surface area (Å²) >= 11 is 3.05. The van der Waals surface area contributed by atoms with Crippen LogP contribution in [0.25, 0.3) is 9.88 Å². The Hall–Kier alpha value is -2.38. The smallest absolute Gasteiger partial charge is 0.263 e. The van der Waals surface area contributed by atoms with Crippen LogP contribution in [-0.4, -0.2) is 24.1 Å². The first-order valence-corrected chi connectivity index (χ1v) is 10.4. The monoisotopic (exact) mass is 400 g/mol. The Balaban J connectivity index is 1.57. The van der Waals surface area contributed by atoms with E-state index in [1.54, 1.807) is 11.3 Å². The number of amides is 1. The maximum atomic E-state index is 12.9. The third-order valence-corrected chi connectivity index (χ3v) is 6.62. The van der Waals surface area contributed by atoms with Crippen LogP contribution in [0.3, 0.4) is 0 Å². The molecule has 27 heavy (non-hydrogen) atoms. The number of aryl methyl sites for hydroxylation is 1. The van der Waals surface area contributed by atoms with Crippen molar-refractivity contribution in [2.24, 2.45) is 0 Å². The number of carbonyl (C=O) groups is 1. The SMILES string of the molecule is Cc1nc(-c2cccs2)sc1C(=O)NC(C)(C)c1ccc2c(c1)OCCO2. The topological polar surface area (TPSA) is 60.5 Å². The Morgan fingerprint density at radius 1 is 1.19 bits per heavy atom. The number of rotatable bonds is 4. The van der Waals surface area contributed by atoms with Crippen LogP contribution < -0.4 is 14.8 Å². The van der Waals surface area contributed by atoms with Gasteiger partial charge in [-0.1, -0.05) is 12.1 Å². The van der Waals surface area contributed by atoms with Crippen molar-refractivity contribution in [2.45, 2.75) is 26.3 Å². The highest BCUT2D eigenvalue weighted by Crippen LogP contribution is 2.35. The van der Waals surface area contributed by atoms with Gasteiger partial charge in [0.25, 0.3) is 5.91 Å². The number of hydrogen-bond acceptors (Lipinski definition) is 6. The molecule has 3 aromatic rings. The van der Waals surface area contributed by atoms with Gasteiger partial charge in [-0.25, -0.2) is 4.98 Å². The fourth-order valence-electron chi connectivity index (χ4n) is 2.96. The number of carbonyl (C=O) groups excluding carboxylic acids is 1. The van der Waals surface area contributed by atoms with E-state index in [1.807, 2.05) is 56.5 Å². The number of nitrogens with zero attached hydrogens (tertiary/aromatic N) is 1. The lowest BCUT2D eigenvalue weighted by molar-refractivity contribution is 0.0915. The molecule has 5 nitrogen and oxygen atoms in total. The summed E-state index contributed by atoms with van der Waals surface area (Å²) in [4.78, 5) is 19.2. The zero-order valence-corrected chi connectivity index (χ0v) is 17.0. The number of benzene rings is 1. The normalized spacial score (nSPS) is 13.4. The van der Waals surface area contributed by atoms with Gasteiger partial charge in [-0.3, -0.25) is 4.79 Å². The molecule has 1 amide bonds. The zero-order valence-electron chi connectivity index (χ0n) is 15.4. The van der Waals surface area contributed by atoms with E-state index in [9.17, 15) is 4.79 Å². The van der Waals surface area contributed by atoms with Crippen molar-refractivity contribution in [2.75, 3.05) is 13.2 Å². The number of thiophene rings is 1. The molecule has 1 aromatic carbocycles. The van der Waals surface area contributed by atoms with Gasteiger partial charge in [-0.15, -0.1) is 22.7 Å². The minimum Gasteiger partial charge on any atom is -0.486 e. The quantitative estimate of drug-likeness (QED) is 0.694. The summed E-state index contributed by atoms with van der Waals surface area (Å²) in [5.41, 5.74) is 1.14. The second-order valence-corrected chi connectivity index (χ2v) is 8.80. The maximum Gasteiger partial charge on any atom is 0.263 e. The highest BCUT2D eigenvalue weighted by Gasteiger charge is 2.27. The fourth-order valence-corrected chi connectivity index (χ4v) is 4.72. The van der Waals surface area contributed by atoms with Gasteiger partial charge >= 0.3 is 0 Å². The van der Waals surface area contributed by atoms with Gasteiger partial charge in [0.1, 0.15) is 23.1 Å². The van der Waals surface area contributed by atoms with E-state index in [0.717, 1.165) is 32.6 Å². The van der Waals surface area contributed by atoms with Crippen LogP contribution in [0.2, 0.25) is 0 Å². The van der Waals surface area contributed by atoms with Crippen molar-refractivity contribution in [3.63, 3.8) is 0 Å². The molecule has 1 aliphatic rings. The molecule has 0 aliphatic carbocycles. The van der Waals surface area contributed by atoms with Gasteiger partial charge in [-0.05, 0) is 49.9 Å². The maximum absolute atomic E-state index is 12.9. The molecule has 2 aromatic heterocycles. The van der Waals surface area contributed by atoms with Crippen LogP contribution in [0.5, 0.6) is 11.5 Å². The van der Waals surface area contributed by atoms with Crippen LogP contribution in [0.1, 0.15) is 34.8 Å². The number of fused-ring (bicyclic) bond motifs is 1. The minimum absolute atomic E-state index is 0.118. The molecule has 140 valence electrons. The molecule has 3 heterocycles. The van der Waals surface area contributed by atoms with Crippen LogP contribution in [0, 0.1) is 6.92 Å². The highest BCUT2D eigenvalue weighted by molar-refractivity contribution is 7.22. The molecule has 0 fully saturated rings. The zero-order chi connectivity index (χ0) is 19.0. The fraction of sp³-hybridized carbons (Fsp3) is 0.300. The number of hydrogen-bond donors (Lipinski definition) is 1. The van der Waals surface area contributed by atoms with E-state index in [1.165, 1.54) is 11.3 Å². The largest absolute Gasteiger partial charge is 0.486 e. The summed E-state index contributed by atoms with van der Waals surface area (Å²) in [7, 11) is 0. The summed E-state index contributed by atoms with van der Waals surface area (Å²) in [5, 5.41) is 6.02. The van der Waals surface area contributed by atoms with Crippen molar-refractivity contribution in [3.05, 3.63) is 51.8 Å². The Kier molecular flexibility index (Phi) is 4.65. The number of thiazole rings is 1. The average Bonchev–Trinajstić information content (AvgIpc) is 3.30. The first-order chi connectivity index (χ1) is 12.9. The Bertz CT molecular complexity index is 977. The summed E-state index contributed by atoms with van der Waals surface area (Å²) in [6, 6.07) is 9.80. The van der Waals surface area contributed by atoms with E-state index >= 15 is 0 Å². The summed E-state index contributed by atoms with van der Waals surface area (Å²) in [5.74, 6) is 1.34. The van der Waals surface area contributed by atoms with Crippen molar-refractivity contribution in [1.29, 1.82) is 0 Å². The Labute approximate surface area is 166 Å². The van der Waals surface area contributed by atoms with Crippen molar-refractivity contribution >= 4 is 28.6 Å². The minimum atomic E-state index is -0.563. The van der Waals surface area contributed by atoms with Gasteiger partial charge in [0, 0.05) is 0 Å². The second-order valence-electron chi connectivity index (χ2n) is 6.85. The molecule has 4 rings (SSSR count). The van der Waals surface area contributed by atoms with E-state index in [-0.39, 0.29) is 5.91 Å². The van der Waals surface area contributed by atoms with Gasteiger partial charge in [-0.2, -0.15) is 0 Å². The Morgan fingerprint density at radius 2 is 1.96 bits per heavy atom. The molecule has 1 N–H and O–H groups in total. The molecule has 0 saturated carbocycles. The molecule has 0 unspecified atom stereocenters. The van der Waals surface area contributed by atoms with E-state index in [0.29, 0.717) is 18.1 Å². The summed E-state index contributed by atoms with van der Waals surface area (Å²) < 4.78 is 11.2. The summed E-state index contributed by atoms with van der Waals surface area (Å²) in [6.45, 7) is 6.93. The van der Waals surface area contributed by atoms with Crippen molar-refractivity contribution < 1.29 is 14.3 Å². The standard InChI is InChI=1S/C20H20N2O3S2/c1-12-17(27-19(21-12)16-5-4-10-26-16)18(23)22-20(2,3)13-6-7-14-15(11-13)25-9-8-24-14/h4-7,10-11H,8-9H2,1-3H3,(H,22,23). The van der Waals surface area contributed by atoms with Gasteiger partial charge < -0.3 is 14.8 Å². The number of aromatic nitrogens is 1. The number of nitrogens with one attached hydrogen (secondary N) is 1. The lowest BCUT2D eigenvalue weighted by Gasteiger charge is -2.28. The molecule has 7 heteroatoms. The molecule has 0 atom stereocenters. The van der Waals surface area contributed by atoms with E-state index < -0.39 is 5.54 Å². The first kappa shape index (κ1) is 18.0. The average molecular weight is 401 g/mol. The predicted molar refractivity (Wildman–Crippen MR) is 108 cm³/mol. The molecule has 0 saturated heterocycles. The molecular weight excluding hydrogens is 380 g/mol. The van der Waals surface area contributed by atoms with Crippen LogP contribution >= 0.6 is 22.7 Å². The third kappa shape index (κ3) is 3.57. The molecule has 1 aliphatic heterocycles. The summed E-state index contributed by atoms with van der Waals surface area (Å²) in [6.07, 6.45) is 0. The van der Waals surface area contributed by atoms with E-state index in [4.69, 9.17) is 9.47 Å². The Morgan fingerprint density at radius 3 is 2.70 bits per heavy atom. The molecule has 0 radical (unpaired) electrons. The third-order valence-electron chi connectivity index (χ3n) is 4.42. The van der Waals surface area contributed by atoms with Gasteiger partial charge in [0.2, 0.25) is 0 Å². The number of ether oxygens (including phenoxy) is 2. The van der Waals surface area contributed by atoms with Gasteiger partial charge in [0.15, 0.2) is 11.5 Å². The van der Waals surface area contributed by atoms with Gasteiger partial charge in [0.05, 0.1) is 16.1 Å². The highest BCUT2D eigenvalue weighted by atomic mass is 32.1. The lowest BCUT2D eigenvalue weighted by atomic mass is 9.93. The first-order valence-electron chi connectivity index (χ1n) is 8.68. The van der Waals surface area contributed by atoms with Crippen LogP contribution in [0.4, 0.5) is 0 Å². The lowest BCUT2D eigenvalue weighted by Crippen LogP contribution is -2.41. The predicted octanol–water partition coefficient (Wildman–Crippen LogP) is 4.62. The van der Waals surface area contributed by atoms with E-state index in [2.05, 4.69) is 10.3 Å². The van der Waals surface area contributed by atoms with Crippen molar-refractivity contribution in [1.82, 2.24) is 10.3 Å². The second kappa shape index (κ2) is 6.98. The van der Waals surface area contributed by atoms with Crippen molar-refractivity contribution in [3.8, 4) is 21.4 Å². The van der Waals surface area contributed by atoms with Crippen LogP contribution in [0.15, 0.2) is 35.7 Å².